The third-order valence-corrected chi connectivity index (χ3v) is 4.73. The van der Waals surface area contributed by atoms with E-state index in [2.05, 4.69) is 0 Å². The van der Waals surface area contributed by atoms with Crippen LogP contribution in [0.1, 0.15) is 16.9 Å². The summed E-state index contributed by atoms with van der Waals surface area (Å²) < 4.78 is 10.4. The van der Waals surface area contributed by atoms with Crippen molar-refractivity contribution in [1.29, 1.82) is 0 Å². The lowest BCUT2D eigenvalue weighted by Gasteiger charge is -2.23. The van der Waals surface area contributed by atoms with Crippen LogP contribution in [0, 0.1) is 0 Å². The highest BCUT2D eigenvalue weighted by atomic mass is 16.5. The third-order valence-electron chi connectivity index (χ3n) is 4.73. The molecule has 0 saturated heterocycles. The second kappa shape index (κ2) is 10.4. The number of hydrogen-bond donors (Lipinski definition) is 0. The largest absolute Gasteiger partial charge is 0.467 e. The van der Waals surface area contributed by atoms with Gasteiger partial charge in [-0.25, -0.2) is 0 Å². The summed E-state index contributed by atoms with van der Waals surface area (Å²) in [7, 11) is 3.25. The highest BCUT2D eigenvalue weighted by Crippen LogP contribution is 2.20. The van der Waals surface area contributed by atoms with Crippen molar-refractivity contribution in [1.82, 2.24) is 4.90 Å². The fraction of sp³-hybridized carbons (Fsp3) is 0.250. The lowest BCUT2D eigenvalue weighted by molar-refractivity contribution is -0.129. The quantitative estimate of drug-likeness (QED) is 0.544. The summed E-state index contributed by atoms with van der Waals surface area (Å²) in [4.78, 5) is 28.6. The molecule has 0 spiro atoms. The molecule has 156 valence electrons. The SMILES string of the molecule is COCC(=O)N(Cc1ccccc1)c1cccc(CC(=O)N(C)Cc2ccco2)c1. The van der Waals surface area contributed by atoms with Crippen LogP contribution in [0.5, 0.6) is 0 Å². The van der Waals surface area contributed by atoms with E-state index in [9.17, 15) is 9.59 Å². The van der Waals surface area contributed by atoms with Crippen LogP contribution < -0.4 is 4.90 Å². The van der Waals surface area contributed by atoms with Crippen molar-refractivity contribution in [3.8, 4) is 0 Å². The highest BCUT2D eigenvalue weighted by Gasteiger charge is 2.18. The number of rotatable bonds is 9. The summed E-state index contributed by atoms with van der Waals surface area (Å²) >= 11 is 0. The molecule has 0 N–H and O–H groups in total. The van der Waals surface area contributed by atoms with Crippen molar-refractivity contribution in [2.75, 3.05) is 25.7 Å². The van der Waals surface area contributed by atoms with Crippen LogP contribution in [0.15, 0.2) is 77.4 Å². The standard InChI is InChI=1S/C24H26N2O4/c1-25(17-22-12-7-13-30-22)23(27)15-20-10-6-11-21(14-20)26(24(28)18-29-2)16-19-8-4-3-5-9-19/h3-14H,15-18H2,1-2H3. The molecule has 0 radical (unpaired) electrons. The minimum atomic E-state index is -0.139. The molecule has 1 aromatic heterocycles. The third kappa shape index (κ3) is 5.81. The molecule has 0 saturated carbocycles. The first-order valence-corrected chi connectivity index (χ1v) is 9.75. The monoisotopic (exact) mass is 406 g/mol. The minimum absolute atomic E-state index is 0.0120. The smallest absolute Gasteiger partial charge is 0.253 e. The van der Waals surface area contributed by atoms with Crippen LogP contribution in [0.25, 0.3) is 0 Å². The van der Waals surface area contributed by atoms with Crippen molar-refractivity contribution in [2.45, 2.75) is 19.5 Å². The maximum absolute atomic E-state index is 12.7. The van der Waals surface area contributed by atoms with E-state index in [1.165, 1.54) is 7.11 Å². The normalized spacial score (nSPS) is 10.6. The summed E-state index contributed by atoms with van der Waals surface area (Å²) in [6.07, 6.45) is 1.83. The number of likely N-dealkylation sites (N-methyl/N-ethyl adjacent to an activating group) is 1. The Kier molecular flexibility index (Phi) is 7.40. The van der Waals surface area contributed by atoms with Gasteiger partial charge in [0.1, 0.15) is 12.4 Å². The molecular formula is C24H26N2O4. The van der Waals surface area contributed by atoms with E-state index in [0.717, 1.165) is 22.6 Å². The topological polar surface area (TPSA) is 63.0 Å². The molecule has 0 bridgehead atoms. The number of benzene rings is 2. The second-order valence-corrected chi connectivity index (χ2v) is 7.07. The Morgan fingerprint density at radius 1 is 0.900 bits per heavy atom. The number of carbonyl (C=O) groups excluding carboxylic acids is 2. The van der Waals surface area contributed by atoms with E-state index in [0.29, 0.717) is 13.1 Å². The molecular weight excluding hydrogens is 380 g/mol. The van der Waals surface area contributed by atoms with Gasteiger partial charge < -0.3 is 19.0 Å². The molecule has 1 heterocycles. The lowest BCUT2D eigenvalue weighted by Crippen LogP contribution is -2.33. The number of hydrogen-bond acceptors (Lipinski definition) is 4. The molecule has 0 fully saturated rings. The number of ether oxygens (including phenoxy) is 1. The predicted octanol–water partition coefficient (Wildman–Crippen LogP) is 3.66. The van der Waals surface area contributed by atoms with Gasteiger partial charge in [-0.05, 0) is 35.4 Å². The van der Waals surface area contributed by atoms with Crippen molar-refractivity contribution in [3.05, 3.63) is 89.9 Å². The summed E-state index contributed by atoms with van der Waals surface area (Å²) in [6, 6.07) is 20.9. The molecule has 2 amide bonds. The molecule has 6 heteroatoms. The number of methoxy groups -OCH3 is 1. The molecule has 3 rings (SSSR count). The highest BCUT2D eigenvalue weighted by molar-refractivity contribution is 5.94. The van der Waals surface area contributed by atoms with Crippen molar-refractivity contribution >= 4 is 17.5 Å². The molecule has 0 atom stereocenters. The lowest BCUT2D eigenvalue weighted by atomic mass is 10.1. The molecule has 0 unspecified atom stereocenters. The van der Waals surface area contributed by atoms with E-state index in [-0.39, 0.29) is 24.8 Å². The van der Waals surface area contributed by atoms with Crippen molar-refractivity contribution < 1.29 is 18.7 Å². The van der Waals surface area contributed by atoms with Gasteiger partial charge in [-0.15, -0.1) is 0 Å². The van der Waals surface area contributed by atoms with Gasteiger partial charge >= 0.3 is 0 Å². The summed E-state index contributed by atoms with van der Waals surface area (Å²) in [5.41, 5.74) is 2.59. The van der Waals surface area contributed by atoms with E-state index in [1.54, 1.807) is 29.2 Å². The molecule has 0 aliphatic heterocycles. The Morgan fingerprint density at radius 2 is 1.67 bits per heavy atom. The van der Waals surface area contributed by atoms with Gasteiger partial charge in [-0.1, -0.05) is 42.5 Å². The first-order valence-electron chi connectivity index (χ1n) is 9.75. The zero-order chi connectivity index (χ0) is 21.3. The Balaban J connectivity index is 1.74. The van der Waals surface area contributed by atoms with Gasteiger partial charge in [0.15, 0.2) is 0 Å². The molecule has 30 heavy (non-hydrogen) atoms. The summed E-state index contributed by atoms with van der Waals surface area (Å²) in [5, 5.41) is 0. The number of anilines is 1. The zero-order valence-electron chi connectivity index (χ0n) is 17.3. The first kappa shape index (κ1) is 21.3. The van der Waals surface area contributed by atoms with Gasteiger partial charge in [0.2, 0.25) is 5.91 Å². The number of nitrogens with zero attached hydrogens (tertiary/aromatic N) is 2. The van der Waals surface area contributed by atoms with Gasteiger partial charge in [-0.2, -0.15) is 0 Å². The number of carbonyl (C=O) groups is 2. The Bertz CT molecular complexity index is 954. The number of amides is 2. The van der Waals surface area contributed by atoms with Crippen LogP contribution in [0.4, 0.5) is 5.69 Å². The molecule has 0 aliphatic carbocycles. The van der Waals surface area contributed by atoms with Gasteiger partial charge in [0, 0.05) is 19.8 Å². The zero-order valence-corrected chi connectivity index (χ0v) is 17.3. The Labute approximate surface area is 176 Å². The molecule has 6 nitrogen and oxygen atoms in total. The summed E-state index contributed by atoms with van der Waals surface area (Å²) in [6.45, 7) is 0.832. The van der Waals surface area contributed by atoms with Gasteiger partial charge in [0.05, 0.1) is 25.8 Å². The maximum Gasteiger partial charge on any atom is 0.253 e. The average molecular weight is 406 g/mol. The Hall–Kier alpha value is -3.38. The first-order chi connectivity index (χ1) is 14.6. The molecule has 0 aliphatic rings. The van der Waals surface area contributed by atoms with E-state index in [1.807, 2.05) is 60.7 Å². The van der Waals surface area contributed by atoms with Crippen LogP contribution in [0.3, 0.4) is 0 Å². The maximum atomic E-state index is 12.7. The van der Waals surface area contributed by atoms with Crippen LogP contribution in [0.2, 0.25) is 0 Å². The minimum Gasteiger partial charge on any atom is -0.467 e. The van der Waals surface area contributed by atoms with E-state index in [4.69, 9.17) is 9.15 Å². The van der Waals surface area contributed by atoms with Gasteiger partial charge in [-0.3, -0.25) is 9.59 Å². The van der Waals surface area contributed by atoms with E-state index >= 15 is 0 Å². The van der Waals surface area contributed by atoms with Crippen molar-refractivity contribution in [3.63, 3.8) is 0 Å². The molecule has 3 aromatic rings. The van der Waals surface area contributed by atoms with E-state index < -0.39 is 0 Å². The fourth-order valence-electron chi connectivity index (χ4n) is 3.16. The van der Waals surface area contributed by atoms with Crippen LogP contribution in [-0.2, 0) is 33.8 Å². The van der Waals surface area contributed by atoms with Crippen LogP contribution >= 0.6 is 0 Å². The fourth-order valence-corrected chi connectivity index (χ4v) is 3.16. The predicted molar refractivity (Wildman–Crippen MR) is 115 cm³/mol. The van der Waals surface area contributed by atoms with Crippen molar-refractivity contribution in [2.24, 2.45) is 0 Å². The second-order valence-electron chi connectivity index (χ2n) is 7.07. The van der Waals surface area contributed by atoms with Crippen LogP contribution in [-0.4, -0.2) is 37.5 Å². The average Bonchev–Trinajstić information content (AvgIpc) is 3.26. The summed E-state index contributed by atoms with van der Waals surface area (Å²) in [5.74, 6) is 0.569. The number of furan rings is 1. The molecule has 2 aromatic carbocycles. The van der Waals surface area contributed by atoms with Gasteiger partial charge in [0.25, 0.3) is 5.91 Å². The Morgan fingerprint density at radius 3 is 2.37 bits per heavy atom.